The van der Waals surface area contributed by atoms with E-state index in [2.05, 4.69) is 5.10 Å². The van der Waals surface area contributed by atoms with Crippen molar-refractivity contribution in [2.24, 2.45) is 0 Å². The van der Waals surface area contributed by atoms with Crippen LogP contribution >= 0.6 is 0 Å². The monoisotopic (exact) mass is 251 g/mol. The van der Waals surface area contributed by atoms with Gasteiger partial charge in [-0.25, -0.2) is 0 Å². The maximum atomic E-state index is 12.5. The number of carbonyl (C=O) groups excluding carboxylic acids is 1. The molecule has 1 aliphatic rings. The molecule has 1 N–H and O–H groups in total. The van der Waals surface area contributed by atoms with E-state index < -0.39 is 0 Å². The quantitative estimate of drug-likeness (QED) is 0.878. The topological polar surface area (TPSA) is 58.4 Å². The number of aliphatic hydroxyl groups excluding tert-OH is 1. The van der Waals surface area contributed by atoms with Crippen LogP contribution < -0.4 is 0 Å². The molecule has 0 aliphatic carbocycles. The van der Waals surface area contributed by atoms with E-state index in [1.165, 1.54) is 0 Å². The molecule has 100 valence electrons. The Kier molecular flexibility index (Phi) is 4.01. The average molecular weight is 251 g/mol. The van der Waals surface area contributed by atoms with Gasteiger partial charge in [-0.1, -0.05) is 0 Å². The number of piperidine rings is 1. The van der Waals surface area contributed by atoms with Gasteiger partial charge in [-0.2, -0.15) is 5.10 Å². The molecule has 0 bridgehead atoms. The Labute approximate surface area is 107 Å². The Bertz CT molecular complexity index is 428. The number of aromatic nitrogens is 2. The third-order valence-corrected chi connectivity index (χ3v) is 3.52. The molecule has 1 aromatic rings. The minimum Gasteiger partial charge on any atom is -0.394 e. The highest BCUT2D eigenvalue weighted by molar-refractivity contribution is 5.93. The van der Waals surface area contributed by atoms with Crippen LogP contribution in [0, 0.1) is 6.92 Å². The highest BCUT2D eigenvalue weighted by Gasteiger charge is 2.28. The molecule has 0 aromatic carbocycles. The Balaban J connectivity index is 2.23. The molecule has 0 radical (unpaired) electrons. The number of hydrogen-bond donors (Lipinski definition) is 1. The van der Waals surface area contributed by atoms with Crippen molar-refractivity contribution in [3.8, 4) is 0 Å². The van der Waals surface area contributed by atoms with E-state index >= 15 is 0 Å². The van der Waals surface area contributed by atoms with Crippen LogP contribution in [0.5, 0.6) is 0 Å². The van der Waals surface area contributed by atoms with E-state index in [9.17, 15) is 9.90 Å². The third kappa shape index (κ3) is 2.41. The Hall–Kier alpha value is -1.36. The minimum absolute atomic E-state index is 0.00352. The molecular weight excluding hydrogens is 230 g/mol. The van der Waals surface area contributed by atoms with E-state index in [-0.39, 0.29) is 18.6 Å². The molecule has 1 fully saturated rings. The predicted molar refractivity (Wildman–Crippen MR) is 68.4 cm³/mol. The molecule has 1 amide bonds. The maximum Gasteiger partial charge on any atom is 0.272 e. The molecule has 5 heteroatoms. The number of aliphatic hydroxyl groups is 1. The summed E-state index contributed by atoms with van der Waals surface area (Å²) in [5, 5.41) is 13.7. The molecule has 1 aromatic heterocycles. The Morgan fingerprint density at radius 2 is 2.33 bits per heavy atom. The SMILES string of the molecule is CCn1nc(C)cc1C(=O)N1CCCCC1CO. The van der Waals surface area contributed by atoms with Crippen molar-refractivity contribution in [3.63, 3.8) is 0 Å². The summed E-state index contributed by atoms with van der Waals surface area (Å²) in [5.41, 5.74) is 1.49. The largest absolute Gasteiger partial charge is 0.394 e. The molecule has 0 spiro atoms. The van der Waals surface area contributed by atoms with Gasteiger partial charge in [-0.3, -0.25) is 9.48 Å². The summed E-state index contributed by atoms with van der Waals surface area (Å²) in [6, 6.07) is 1.79. The van der Waals surface area contributed by atoms with Gasteiger partial charge >= 0.3 is 0 Å². The third-order valence-electron chi connectivity index (χ3n) is 3.52. The van der Waals surface area contributed by atoms with Crippen LogP contribution in [0.4, 0.5) is 0 Å². The molecule has 2 rings (SSSR count). The highest BCUT2D eigenvalue weighted by atomic mass is 16.3. The first kappa shape index (κ1) is 13.1. The summed E-state index contributed by atoms with van der Waals surface area (Å²) in [4.78, 5) is 14.3. The molecule has 5 nitrogen and oxygen atoms in total. The van der Waals surface area contributed by atoms with Crippen molar-refractivity contribution in [1.82, 2.24) is 14.7 Å². The number of hydrogen-bond acceptors (Lipinski definition) is 3. The van der Waals surface area contributed by atoms with Gasteiger partial charge < -0.3 is 10.0 Å². The Morgan fingerprint density at radius 1 is 1.56 bits per heavy atom. The molecule has 1 saturated heterocycles. The van der Waals surface area contributed by atoms with E-state index in [0.29, 0.717) is 12.2 Å². The number of nitrogens with zero attached hydrogens (tertiary/aromatic N) is 3. The predicted octanol–water partition coefficient (Wildman–Crippen LogP) is 1.20. The second-order valence-electron chi connectivity index (χ2n) is 4.82. The molecule has 1 aliphatic heterocycles. The average Bonchev–Trinajstić information content (AvgIpc) is 2.79. The fourth-order valence-corrected chi connectivity index (χ4v) is 2.56. The lowest BCUT2D eigenvalue weighted by atomic mass is 10.0. The van der Waals surface area contributed by atoms with Crippen LogP contribution in [-0.4, -0.2) is 44.9 Å². The van der Waals surface area contributed by atoms with E-state index in [1.807, 2.05) is 19.9 Å². The zero-order chi connectivity index (χ0) is 13.1. The molecule has 1 atom stereocenters. The first-order valence-electron chi connectivity index (χ1n) is 6.63. The summed E-state index contributed by atoms with van der Waals surface area (Å²) < 4.78 is 1.74. The van der Waals surface area contributed by atoms with Gasteiger partial charge in [-0.15, -0.1) is 0 Å². The lowest BCUT2D eigenvalue weighted by Gasteiger charge is -2.34. The summed E-state index contributed by atoms with van der Waals surface area (Å²) in [6.07, 6.45) is 2.99. The van der Waals surface area contributed by atoms with Crippen LogP contribution in [-0.2, 0) is 6.54 Å². The van der Waals surface area contributed by atoms with Crippen LogP contribution in [0.2, 0.25) is 0 Å². The zero-order valence-corrected chi connectivity index (χ0v) is 11.1. The number of rotatable bonds is 3. The molecule has 2 heterocycles. The second-order valence-corrected chi connectivity index (χ2v) is 4.82. The van der Waals surface area contributed by atoms with Gasteiger partial charge in [-0.05, 0) is 39.2 Å². The van der Waals surface area contributed by atoms with Gasteiger partial charge in [0.05, 0.1) is 18.3 Å². The van der Waals surface area contributed by atoms with Crippen molar-refractivity contribution >= 4 is 5.91 Å². The van der Waals surface area contributed by atoms with Crippen LogP contribution in [0.25, 0.3) is 0 Å². The van der Waals surface area contributed by atoms with Gasteiger partial charge in [0.1, 0.15) is 5.69 Å². The normalized spacial score (nSPS) is 20.2. The van der Waals surface area contributed by atoms with Gasteiger partial charge in [0.2, 0.25) is 0 Å². The van der Waals surface area contributed by atoms with Crippen molar-refractivity contribution < 1.29 is 9.90 Å². The van der Waals surface area contributed by atoms with Gasteiger partial charge in [0.15, 0.2) is 0 Å². The van der Waals surface area contributed by atoms with Crippen LogP contribution in [0.1, 0.15) is 42.4 Å². The maximum absolute atomic E-state index is 12.5. The summed E-state index contributed by atoms with van der Waals surface area (Å²) in [6.45, 7) is 5.33. The van der Waals surface area contributed by atoms with Gasteiger partial charge in [0.25, 0.3) is 5.91 Å². The number of carbonyl (C=O) groups is 1. The number of likely N-dealkylation sites (tertiary alicyclic amines) is 1. The fourth-order valence-electron chi connectivity index (χ4n) is 2.56. The molecule has 0 saturated carbocycles. The van der Waals surface area contributed by atoms with Crippen molar-refractivity contribution in [3.05, 3.63) is 17.5 Å². The van der Waals surface area contributed by atoms with Gasteiger partial charge in [0, 0.05) is 13.1 Å². The smallest absolute Gasteiger partial charge is 0.272 e. The summed E-state index contributed by atoms with van der Waals surface area (Å²) in [5.74, 6) is -0.00352. The van der Waals surface area contributed by atoms with E-state index in [0.717, 1.165) is 31.5 Å². The first-order valence-corrected chi connectivity index (χ1v) is 6.63. The summed E-state index contributed by atoms with van der Waals surface area (Å²) >= 11 is 0. The Morgan fingerprint density at radius 3 is 3.00 bits per heavy atom. The van der Waals surface area contributed by atoms with E-state index in [4.69, 9.17) is 0 Å². The zero-order valence-electron chi connectivity index (χ0n) is 11.1. The minimum atomic E-state index is -0.0354. The standard InChI is InChI=1S/C13H21N3O2/c1-3-16-12(8-10(2)14-16)13(18)15-7-5-4-6-11(15)9-17/h8,11,17H,3-7,9H2,1-2H3. The molecular formula is C13H21N3O2. The summed E-state index contributed by atoms with van der Waals surface area (Å²) in [7, 11) is 0. The van der Waals surface area contributed by atoms with Crippen molar-refractivity contribution in [1.29, 1.82) is 0 Å². The fraction of sp³-hybridized carbons (Fsp3) is 0.692. The lowest BCUT2D eigenvalue weighted by molar-refractivity contribution is 0.0491. The number of amides is 1. The first-order chi connectivity index (χ1) is 8.67. The molecule has 1 unspecified atom stereocenters. The highest BCUT2D eigenvalue weighted by Crippen LogP contribution is 2.19. The second kappa shape index (κ2) is 5.52. The van der Waals surface area contributed by atoms with Crippen LogP contribution in [0.3, 0.4) is 0 Å². The lowest BCUT2D eigenvalue weighted by Crippen LogP contribution is -2.46. The van der Waals surface area contributed by atoms with Crippen LogP contribution in [0.15, 0.2) is 6.07 Å². The van der Waals surface area contributed by atoms with Crippen molar-refractivity contribution in [2.75, 3.05) is 13.2 Å². The van der Waals surface area contributed by atoms with E-state index in [1.54, 1.807) is 9.58 Å². The van der Waals surface area contributed by atoms with Crippen molar-refractivity contribution in [2.45, 2.75) is 45.7 Å². The number of aryl methyl sites for hydroxylation is 2. The molecule has 18 heavy (non-hydrogen) atoms.